The molecule has 0 radical (unpaired) electrons. The zero-order chi connectivity index (χ0) is 13.3. The SMILES string of the molecule is CC(CN)CCCNC(=O)C1C(C)(C)C1(C)C. The van der Waals surface area contributed by atoms with Crippen LogP contribution in [-0.4, -0.2) is 19.0 Å². The van der Waals surface area contributed by atoms with Crippen LogP contribution < -0.4 is 11.1 Å². The third-order valence-corrected chi connectivity index (χ3v) is 4.86. The van der Waals surface area contributed by atoms with Crippen molar-refractivity contribution in [2.24, 2.45) is 28.4 Å². The number of hydrogen-bond acceptors (Lipinski definition) is 2. The van der Waals surface area contributed by atoms with E-state index >= 15 is 0 Å². The number of carbonyl (C=O) groups is 1. The third-order valence-electron chi connectivity index (χ3n) is 4.86. The van der Waals surface area contributed by atoms with E-state index in [9.17, 15) is 4.79 Å². The van der Waals surface area contributed by atoms with Gasteiger partial charge in [0.1, 0.15) is 0 Å². The lowest BCUT2D eigenvalue weighted by Crippen LogP contribution is -2.28. The van der Waals surface area contributed by atoms with Crippen molar-refractivity contribution in [1.29, 1.82) is 0 Å². The second kappa shape index (κ2) is 4.97. The van der Waals surface area contributed by atoms with E-state index in [0.717, 1.165) is 25.9 Å². The van der Waals surface area contributed by atoms with Crippen molar-refractivity contribution in [2.75, 3.05) is 13.1 Å². The van der Waals surface area contributed by atoms with Gasteiger partial charge in [-0.3, -0.25) is 4.79 Å². The van der Waals surface area contributed by atoms with E-state index in [4.69, 9.17) is 5.73 Å². The molecule has 0 aromatic carbocycles. The Labute approximate surface area is 106 Å². The molecule has 0 heterocycles. The molecule has 1 amide bonds. The molecule has 1 rings (SSSR count). The Balaban J connectivity index is 2.24. The highest BCUT2D eigenvalue weighted by molar-refractivity contribution is 5.84. The van der Waals surface area contributed by atoms with Crippen molar-refractivity contribution in [1.82, 2.24) is 5.32 Å². The van der Waals surface area contributed by atoms with Gasteiger partial charge < -0.3 is 11.1 Å². The Morgan fingerprint density at radius 2 is 1.82 bits per heavy atom. The van der Waals surface area contributed by atoms with Crippen molar-refractivity contribution in [3.8, 4) is 0 Å². The summed E-state index contributed by atoms with van der Waals surface area (Å²) in [7, 11) is 0. The molecule has 17 heavy (non-hydrogen) atoms. The maximum atomic E-state index is 12.0. The summed E-state index contributed by atoms with van der Waals surface area (Å²) in [5, 5.41) is 3.06. The van der Waals surface area contributed by atoms with E-state index in [-0.39, 0.29) is 22.7 Å². The van der Waals surface area contributed by atoms with Gasteiger partial charge in [0.05, 0.1) is 0 Å². The van der Waals surface area contributed by atoms with Crippen LogP contribution in [0.5, 0.6) is 0 Å². The average Bonchev–Trinajstić information content (AvgIpc) is 2.64. The van der Waals surface area contributed by atoms with Crippen LogP contribution in [0.4, 0.5) is 0 Å². The molecular weight excluding hydrogens is 212 g/mol. The monoisotopic (exact) mass is 240 g/mol. The largest absolute Gasteiger partial charge is 0.356 e. The summed E-state index contributed by atoms with van der Waals surface area (Å²) >= 11 is 0. The first kappa shape index (κ1) is 14.5. The second-order valence-electron chi connectivity index (χ2n) is 6.65. The second-order valence-corrected chi connectivity index (χ2v) is 6.65. The molecule has 0 spiro atoms. The maximum Gasteiger partial charge on any atom is 0.224 e. The van der Waals surface area contributed by atoms with E-state index < -0.39 is 0 Å². The topological polar surface area (TPSA) is 55.1 Å². The highest BCUT2D eigenvalue weighted by Crippen LogP contribution is 2.68. The van der Waals surface area contributed by atoms with Crippen LogP contribution in [0.3, 0.4) is 0 Å². The van der Waals surface area contributed by atoms with Gasteiger partial charge in [0, 0.05) is 12.5 Å². The molecule has 1 atom stereocenters. The Morgan fingerprint density at radius 3 is 2.24 bits per heavy atom. The summed E-state index contributed by atoms with van der Waals surface area (Å²) in [4.78, 5) is 12.0. The fourth-order valence-electron chi connectivity index (χ4n) is 2.73. The van der Waals surface area contributed by atoms with Crippen molar-refractivity contribution in [3.05, 3.63) is 0 Å². The van der Waals surface area contributed by atoms with Crippen LogP contribution in [0.1, 0.15) is 47.5 Å². The van der Waals surface area contributed by atoms with Gasteiger partial charge in [0.15, 0.2) is 0 Å². The lowest BCUT2D eigenvalue weighted by molar-refractivity contribution is -0.123. The van der Waals surface area contributed by atoms with Crippen LogP contribution in [0, 0.1) is 22.7 Å². The van der Waals surface area contributed by atoms with E-state index in [1.807, 2.05) is 0 Å². The molecular formula is C14H28N2O. The molecule has 3 heteroatoms. The molecule has 1 fully saturated rings. The molecule has 0 aromatic heterocycles. The van der Waals surface area contributed by atoms with Gasteiger partial charge in [-0.1, -0.05) is 34.6 Å². The predicted octanol–water partition coefficient (Wildman–Crippen LogP) is 2.16. The molecule has 0 aliphatic heterocycles. The highest BCUT2D eigenvalue weighted by atomic mass is 16.2. The third kappa shape index (κ3) is 2.82. The zero-order valence-electron chi connectivity index (χ0n) is 12.0. The number of nitrogens with one attached hydrogen (secondary N) is 1. The minimum atomic E-state index is 0.141. The van der Waals surface area contributed by atoms with Crippen LogP contribution in [0.25, 0.3) is 0 Å². The maximum absolute atomic E-state index is 12.0. The average molecular weight is 240 g/mol. The standard InChI is InChI=1S/C14H28N2O/c1-10(9-15)7-6-8-16-12(17)11-13(2,3)14(11,4)5/h10-11H,6-9,15H2,1-5H3,(H,16,17). The Hall–Kier alpha value is -0.570. The summed E-state index contributed by atoms with van der Waals surface area (Å²) in [6.45, 7) is 12.4. The number of amides is 1. The lowest BCUT2D eigenvalue weighted by Gasteiger charge is -2.09. The Bertz CT molecular complexity index is 270. The van der Waals surface area contributed by atoms with Crippen molar-refractivity contribution in [3.63, 3.8) is 0 Å². The first-order chi connectivity index (χ1) is 7.75. The molecule has 1 aliphatic rings. The molecule has 3 N–H and O–H groups in total. The van der Waals surface area contributed by atoms with Gasteiger partial charge in [0.2, 0.25) is 5.91 Å². The van der Waals surface area contributed by atoms with E-state index in [2.05, 4.69) is 39.9 Å². The van der Waals surface area contributed by atoms with E-state index in [1.165, 1.54) is 0 Å². The van der Waals surface area contributed by atoms with Crippen molar-refractivity contribution < 1.29 is 4.79 Å². The van der Waals surface area contributed by atoms with Gasteiger partial charge in [-0.15, -0.1) is 0 Å². The van der Waals surface area contributed by atoms with E-state index in [0.29, 0.717) is 5.92 Å². The molecule has 0 saturated heterocycles. The normalized spacial score (nSPS) is 23.2. The summed E-state index contributed by atoms with van der Waals surface area (Å²) in [6, 6.07) is 0. The molecule has 0 aromatic rings. The van der Waals surface area contributed by atoms with Crippen molar-refractivity contribution in [2.45, 2.75) is 47.5 Å². The fourth-order valence-corrected chi connectivity index (χ4v) is 2.73. The zero-order valence-corrected chi connectivity index (χ0v) is 12.0. The van der Waals surface area contributed by atoms with Crippen LogP contribution in [0.15, 0.2) is 0 Å². The van der Waals surface area contributed by atoms with Gasteiger partial charge in [0.25, 0.3) is 0 Å². The molecule has 1 unspecified atom stereocenters. The summed E-state index contributed by atoms with van der Waals surface area (Å²) in [6.07, 6.45) is 2.12. The van der Waals surface area contributed by atoms with Gasteiger partial charge in [-0.05, 0) is 36.1 Å². The molecule has 100 valence electrons. The molecule has 1 aliphatic carbocycles. The minimum Gasteiger partial charge on any atom is -0.356 e. The van der Waals surface area contributed by atoms with Crippen LogP contribution >= 0.6 is 0 Å². The first-order valence-corrected chi connectivity index (χ1v) is 6.73. The van der Waals surface area contributed by atoms with Gasteiger partial charge in [-0.2, -0.15) is 0 Å². The number of nitrogens with two attached hydrogens (primary N) is 1. The molecule has 1 saturated carbocycles. The van der Waals surface area contributed by atoms with E-state index in [1.54, 1.807) is 0 Å². The summed E-state index contributed by atoms with van der Waals surface area (Å²) < 4.78 is 0. The summed E-state index contributed by atoms with van der Waals surface area (Å²) in [5.41, 5.74) is 5.84. The molecule has 3 nitrogen and oxygen atoms in total. The van der Waals surface area contributed by atoms with Crippen LogP contribution in [0.2, 0.25) is 0 Å². The minimum absolute atomic E-state index is 0.141. The fraction of sp³-hybridized carbons (Fsp3) is 0.929. The Morgan fingerprint density at radius 1 is 1.29 bits per heavy atom. The van der Waals surface area contributed by atoms with Gasteiger partial charge >= 0.3 is 0 Å². The quantitative estimate of drug-likeness (QED) is 0.699. The van der Waals surface area contributed by atoms with Crippen LogP contribution in [-0.2, 0) is 4.79 Å². The molecule has 0 bridgehead atoms. The van der Waals surface area contributed by atoms with Gasteiger partial charge in [-0.25, -0.2) is 0 Å². The summed E-state index contributed by atoms with van der Waals surface area (Å²) in [5.74, 6) is 0.947. The highest BCUT2D eigenvalue weighted by Gasteiger charge is 2.68. The number of rotatable bonds is 6. The first-order valence-electron chi connectivity index (χ1n) is 6.73. The van der Waals surface area contributed by atoms with Crippen molar-refractivity contribution >= 4 is 5.91 Å². The smallest absolute Gasteiger partial charge is 0.224 e. The number of carbonyl (C=O) groups excluding carboxylic acids is 1. The number of hydrogen-bond donors (Lipinski definition) is 2. The lowest BCUT2D eigenvalue weighted by atomic mass is 10.0. The predicted molar refractivity (Wildman–Crippen MR) is 71.5 cm³/mol. The Kier molecular flexibility index (Phi) is 4.23.